The van der Waals surface area contributed by atoms with Crippen LogP contribution in [0, 0.1) is 6.92 Å². The van der Waals surface area contributed by atoms with E-state index in [4.69, 9.17) is 5.11 Å². The Balaban J connectivity index is 2.11. The number of rotatable bonds is 6. The van der Waals surface area contributed by atoms with E-state index in [1.165, 1.54) is 22.6 Å². The molecule has 1 N–H and O–H groups in total. The van der Waals surface area contributed by atoms with Crippen LogP contribution in [-0.4, -0.2) is 29.1 Å². The molecule has 0 aliphatic rings. The molecule has 22 heavy (non-hydrogen) atoms. The Labute approximate surface area is 130 Å². The number of pyridine rings is 1. The van der Waals surface area contributed by atoms with Crippen molar-refractivity contribution in [1.29, 1.82) is 0 Å². The summed E-state index contributed by atoms with van der Waals surface area (Å²) in [5.74, 6) is -1.07. The van der Waals surface area contributed by atoms with Crippen LogP contribution >= 0.6 is 0 Å². The Morgan fingerprint density at radius 2 is 2.09 bits per heavy atom. The average Bonchev–Trinajstić information content (AvgIpc) is 2.47. The molecule has 1 aromatic carbocycles. The number of hydrogen-bond donors (Lipinski definition) is 1. The maximum Gasteiger partial charge on any atom is 0.337 e. The summed E-state index contributed by atoms with van der Waals surface area (Å²) in [5, 5.41) is 8.82. The predicted octanol–water partition coefficient (Wildman–Crippen LogP) is 1.88. The van der Waals surface area contributed by atoms with E-state index in [9.17, 15) is 13.6 Å². The topological polar surface area (TPSA) is 93.6 Å². The van der Waals surface area contributed by atoms with Gasteiger partial charge in [0.2, 0.25) is 0 Å². The standard InChI is InChI=1S/C15H16N2O4S/c1-11-3-2-4-12(7-11)9-17(22(20)21)10-14-6-5-13(8-16-14)15(18)19/h2-8H,9-10H2,1H3,(H,18,19)(H,20,21)/p-1. The third kappa shape index (κ3) is 4.45. The van der Waals surface area contributed by atoms with E-state index in [1.54, 1.807) is 0 Å². The summed E-state index contributed by atoms with van der Waals surface area (Å²) in [7, 11) is 0. The second-order valence-corrected chi connectivity index (χ2v) is 5.80. The first-order chi connectivity index (χ1) is 10.5. The molecule has 1 heterocycles. The fourth-order valence-corrected chi connectivity index (χ4v) is 2.49. The fourth-order valence-electron chi connectivity index (χ4n) is 2.00. The number of carboxylic acid groups (broad SMARTS) is 1. The minimum absolute atomic E-state index is 0.0669. The third-order valence-corrected chi connectivity index (χ3v) is 3.74. The van der Waals surface area contributed by atoms with Crippen LogP contribution < -0.4 is 0 Å². The van der Waals surface area contributed by atoms with Gasteiger partial charge >= 0.3 is 5.97 Å². The van der Waals surface area contributed by atoms with E-state index in [-0.39, 0.29) is 18.7 Å². The summed E-state index contributed by atoms with van der Waals surface area (Å²) in [6.45, 7) is 2.26. The van der Waals surface area contributed by atoms with Crippen molar-refractivity contribution in [1.82, 2.24) is 9.29 Å². The van der Waals surface area contributed by atoms with Crippen molar-refractivity contribution in [2.24, 2.45) is 0 Å². The number of hydrogen-bond acceptors (Lipinski definition) is 4. The van der Waals surface area contributed by atoms with Crippen molar-refractivity contribution in [3.63, 3.8) is 0 Å². The van der Waals surface area contributed by atoms with E-state index in [1.807, 2.05) is 31.2 Å². The van der Waals surface area contributed by atoms with Crippen molar-refractivity contribution >= 4 is 17.2 Å². The van der Waals surface area contributed by atoms with Crippen LogP contribution in [0.1, 0.15) is 27.2 Å². The molecular weight excluding hydrogens is 304 g/mol. The molecule has 1 aromatic heterocycles. The van der Waals surface area contributed by atoms with Crippen LogP contribution in [0.5, 0.6) is 0 Å². The highest BCUT2D eigenvalue weighted by molar-refractivity contribution is 7.76. The molecule has 0 spiro atoms. The summed E-state index contributed by atoms with van der Waals surface area (Å²) in [6, 6.07) is 10.5. The molecule has 2 rings (SSSR count). The van der Waals surface area contributed by atoms with Crippen LogP contribution in [0.25, 0.3) is 0 Å². The van der Waals surface area contributed by atoms with Gasteiger partial charge in [0.1, 0.15) is 0 Å². The first-order valence-corrected chi connectivity index (χ1v) is 7.57. The van der Waals surface area contributed by atoms with Gasteiger partial charge < -0.3 is 9.66 Å². The largest absolute Gasteiger partial charge is 0.760 e. The van der Waals surface area contributed by atoms with Crippen molar-refractivity contribution in [3.05, 3.63) is 65.0 Å². The van der Waals surface area contributed by atoms with Crippen molar-refractivity contribution in [3.8, 4) is 0 Å². The smallest absolute Gasteiger partial charge is 0.337 e. The Kier molecular flexibility index (Phi) is 5.37. The molecule has 0 saturated carbocycles. The molecule has 0 saturated heterocycles. The number of aromatic carboxylic acids is 1. The van der Waals surface area contributed by atoms with Crippen LogP contribution in [0.2, 0.25) is 0 Å². The van der Waals surface area contributed by atoms with Gasteiger partial charge in [-0.1, -0.05) is 29.8 Å². The number of aromatic nitrogens is 1. The van der Waals surface area contributed by atoms with Gasteiger partial charge in [0, 0.05) is 24.0 Å². The van der Waals surface area contributed by atoms with E-state index in [0.717, 1.165) is 11.1 Å². The Hall–Kier alpha value is -2.09. The molecule has 1 atom stereocenters. The lowest BCUT2D eigenvalue weighted by atomic mass is 10.1. The molecular formula is C15H15N2O4S-. The van der Waals surface area contributed by atoms with Crippen LogP contribution in [-0.2, 0) is 24.4 Å². The summed E-state index contributed by atoms with van der Waals surface area (Å²) < 4.78 is 24.0. The number of benzene rings is 1. The van der Waals surface area contributed by atoms with Gasteiger partial charge in [0.15, 0.2) is 0 Å². The lowest BCUT2D eigenvalue weighted by Gasteiger charge is -2.24. The number of aryl methyl sites for hydroxylation is 1. The number of nitrogens with zero attached hydrogens (tertiary/aromatic N) is 2. The normalized spacial score (nSPS) is 12.3. The maximum atomic E-state index is 11.4. The summed E-state index contributed by atoms with van der Waals surface area (Å²) >= 11 is -2.40. The maximum absolute atomic E-state index is 11.4. The highest BCUT2D eigenvalue weighted by atomic mass is 32.2. The second kappa shape index (κ2) is 7.26. The van der Waals surface area contributed by atoms with Gasteiger partial charge in [-0.05, 0) is 24.6 Å². The molecule has 6 nitrogen and oxygen atoms in total. The third-order valence-electron chi connectivity index (χ3n) is 3.06. The molecule has 1 unspecified atom stereocenters. The number of carbonyl (C=O) groups is 1. The predicted molar refractivity (Wildman–Crippen MR) is 80.5 cm³/mol. The van der Waals surface area contributed by atoms with Gasteiger partial charge in [0.05, 0.1) is 17.8 Å². The van der Waals surface area contributed by atoms with E-state index < -0.39 is 17.2 Å². The van der Waals surface area contributed by atoms with E-state index >= 15 is 0 Å². The quantitative estimate of drug-likeness (QED) is 0.821. The molecule has 116 valence electrons. The van der Waals surface area contributed by atoms with Gasteiger partial charge in [0.25, 0.3) is 0 Å². The van der Waals surface area contributed by atoms with Gasteiger partial charge in [-0.2, -0.15) is 0 Å². The Bertz CT molecular complexity index is 688. The SMILES string of the molecule is Cc1cccc(CN(Cc2ccc(C(=O)O)cn2)S(=O)[O-])c1. The van der Waals surface area contributed by atoms with Gasteiger partial charge in [-0.25, -0.2) is 9.10 Å². The van der Waals surface area contributed by atoms with Crippen molar-refractivity contribution < 1.29 is 18.7 Å². The molecule has 0 amide bonds. The fraction of sp³-hybridized carbons (Fsp3) is 0.200. The molecule has 0 fully saturated rings. The molecule has 0 aliphatic carbocycles. The van der Waals surface area contributed by atoms with Crippen molar-refractivity contribution in [2.75, 3.05) is 0 Å². The van der Waals surface area contributed by atoms with Gasteiger partial charge in [-0.3, -0.25) is 9.19 Å². The highest BCUT2D eigenvalue weighted by Gasteiger charge is 2.10. The van der Waals surface area contributed by atoms with Crippen molar-refractivity contribution in [2.45, 2.75) is 20.0 Å². The molecule has 0 radical (unpaired) electrons. The average molecular weight is 319 g/mol. The molecule has 2 aromatic rings. The number of carboxylic acids is 1. The van der Waals surface area contributed by atoms with E-state index in [0.29, 0.717) is 5.69 Å². The molecule has 0 aliphatic heterocycles. The summed E-state index contributed by atoms with van der Waals surface area (Å²) in [6.07, 6.45) is 1.22. The second-order valence-electron chi connectivity index (χ2n) is 4.85. The summed E-state index contributed by atoms with van der Waals surface area (Å²) in [4.78, 5) is 14.8. The lowest BCUT2D eigenvalue weighted by molar-refractivity contribution is 0.0696. The lowest BCUT2D eigenvalue weighted by Crippen LogP contribution is -2.25. The van der Waals surface area contributed by atoms with Crippen LogP contribution in [0.4, 0.5) is 0 Å². The molecule has 7 heteroatoms. The minimum atomic E-state index is -2.40. The zero-order valence-electron chi connectivity index (χ0n) is 11.9. The van der Waals surface area contributed by atoms with Crippen LogP contribution in [0.3, 0.4) is 0 Å². The van der Waals surface area contributed by atoms with E-state index in [2.05, 4.69) is 4.98 Å². The highest BCUT2D eigenvalue weighted by Crippen LogP contribution is 2.12. The monoisotopic (exact) mass is 319 g/mol. The minimum Gasteiger partial charge on any atom is -0.760 e. The van der Waals surface area contributed by atoms with Gasteiger partial charge in [-0.15, -0.1) is 0 Å². The zero-order valence-corrected chi connectivity index (χ0v) is 12.7. The van der Waals surface area contributed by atoms with Crippen LogP contribution in [0.15, 0.2) is 42.6 Å². The zero-order chi connectivity index (χ0) is 16.1. The first kappa shape index (κ1) is 16.3. The molecule has 0 bridgehead atoms. The summed E-state index contributed by atoms with van der Waals surface area (Å²) in [5.41, 5.74) is 2.49. The Morgan fingerprint density at radius 3 is 2.64 bits per heavy atom. The first-order valence-electron chi connectivity index (χ1n) is 6.54. The Morgan fingerprint density at radius 1 is 1.32 bits per heavy atom.